The normalized spacial score (nSPS) is 31.1. The summed E-state index contributed by atoms with van der Waals surface area (Å²) in [5, 5.41) is 12.3. The zero-order valence-electron chi connectivity index (χ0n) is 15.5. The molecule has 1 aliphatic carbocycles. The van der Waals surface area contributed by atoms with Gasteiger partial charge < -0.3 is 24.8 Å². The number of carbonyl (C=O) groups is 2. The molecule has 2 aliphatic heterocycles. The molecule has 4 rings (SSSR count). The van der Waals surface area contributed by atoms with Crippen LogP contribution in [0.3, 0.4) is 0 Å². The summed E-state index contributed by atoms with van der Waals surface area (Å²) in [7, 11) is 1.64. The molecule has 2 heterocycles. The van der Waals surface area contributed by atoms with Gasteiger partial charge in [0.05, 0.1) is 10.6 Å². The van der Waals surface area contributed by atoms with Crippen LogP contribution < -0.4 is 14.8 Å². The van der Waals surface area contributed by atoms with Gasteiger partial charge in [0, 0.05) is 38.5 Å². The van der Waals surface area contributed by atoms with E-state index in [1.165, 1.54) is 6.07 Å². The Morgan fingerprint density at radius 2 is 1.85 bits per heavy atom. The number of halogens is 1. The molecule has 0 spiro atoms. The minimum atomic E-state index is -1.05. The molecule has 1 aromatic rings. The number of likely N-dealkylation sites (tertiary alicyclic amines) is 1. The second-order valence-corrected chi connectivity index (χ2v) is 8.21. The number of nitrogens with zero attached hydrogens (tertiary/aromatic N) is 1. The zero-order valence-corrected chi connectivity index (χ0v) is 16.3. The third-order valence-electron chi connectivity index (χ3n) is 6.22. The number of aromatic carboxylic acids is 1. The number of piperidine rings is 1. The zero-order chi connectivity index (χ0) is 19.5. The van der Waals surface area contributed by atoms with Crippen molar-refractivity contribution in [3.63, 3.8) is 0 Å². The SMILES string of the molecule is CNC(=O)N1CC2CCC(C1)C2C1(C)Oc2c(Cl)cc(C(=O)O)c(C)c2O1. The summed E-state index contributed by atoms with van der Waals surface area (Å²) in [4.78, 5) is 25.4. The fraction of sp³-hybridized carbons (Fsp3) is 0.579. The Balaban J connectivity index is 1.64. The molecule has 0 radical (unpaired) electrons. The Hall–Kier alpha value is -2.15. The number of carboxylic acids is 1. The van der Waals surface area contributed by atoms with E-state index in [1.54, 1.807) is 14.0 Å². The summed E-state index contributed by atoms with van der Waals surface area (Å²) in [6, 6.07) is 1.35. The van der Waals surface area contributed by atoms with Gasteiger partial charge in [0.1, 0.15) is 0 Å². The molecule has 3 atom stereocenters. The van der Waals surface area contributed by atoms with Crippen molar-refractivity contribution in [2.75, 3.05) is 20.1 Å². The number of urea groups is 1. The van der Waals surface area contributed by atoms with E-state index in [0.29, 0.717) is 30.2 Å². The first-order valence-electron chi connectivity index (χ1n) is 9.16. The summed E-state index contributed by atoms with van der Waals surface area (Å²) >= 11 is 6.30. The molecule has 7 nitrogen and oxygen atoms in total. The molecule has 8 heteroatoms. The first-order chi connectivity index (χ1) is 12.7. The van der Waals surface area contributed by atoms with Crippen LogP contribution in [0.2, 0.25) is 5.02 Å². The van der Waals surface area contributed by atoms with Gasteiger partial charge in [-0.25, -0.2) is 9.59 Å². The second kappa shape index (κ2) is 6.19. The highest BCUT2D eigenvalue weighted by molar-refractivity contribution is 6.32. The van der Waals surface area contributed by atoms with Gasteiger partial charge in [-0.15, -0.1) is 0 Å². The Bertz CT molecular complexity index is 815. The number of carbonyl (C=O) groups excluding carboxylic acids is 1. The van der Waals surface area contributed by atoms with Crippen molar-refractivity contribution in [3.8, 4) is 11.5 Å². The quantitative estimate of drug-likeness (QED) is 0.804. The molecule has 3 unspecified atom stereocenters. The lowest BCUT2D eigenvalue weighted by molar-refractivity contribution is -0.146. The number of carboxylic acid groups (broad SMARTS) is 1. The highest BCUT2D eigenvalue weighted by atomic mass is 35.5. The van der Waals surface area contributed by atoms with Crippen LogP contribution in [0.15, 0.2) is 6.07 Å². The van der Waals surface area contributed by atoms with Gasteiger partial charge in [-0.1, -0.05) is 11.6 Å². The summed E-state index contributed by atoms with van der Waals surface area (Å²) < 4.78 is 12.5. The van der Waals surface area contributed by atoms with Crippen LogP contribution in [0.25, 0.3) is 0 Å². The minimum Gasteiger partial charge on any atom is -0.478 e. The number of hydrogen-bond donors (Lipinski definition) is 2. The second-order valence-electron chi connectivity index (χ2n) is 7.80. The van der Waals surface area contributed by atoms with Gasteiger partial charge in [-0.3, -0.25) is 0 Å². The van der Waals surface area contributed by atoms with Gasteiger partial charge in [0.15, 0.2) is 11.5 Å². The lowest BCUT2D eigenvalue weighted by Crippen LogP contribution is -2.56. The molecule has 0 aromatic heterocycles. The molecular formula is C19H23ClN2O5. The van der Waals surface area contributed by atoms with Crippen LogP contribution in [-0.2, 0) is 0 Å². The summed E-state index contributed by atoms with van der Waals surface area (Å²) in [5.74, 6) is -0.515. The number of benzene rings is 1. The summed E-state index contributed by atoms with van der Waals surface area (Å²) in [6.07, 6.45) is 2.02. The van der Waals surface area contributed by atoms with Crippen molar-refractivity contribution in [1.82, 2.24) is 10.2 Å². The van der Waals surface area contributed by atoms with Crippen LogP contribution >= 0.6 is 11.6 Å². The molecule has 1 aromatic carbocycles. The molecule has 2 fully saturated rings. The van der Waals surface area contributed by atoms with Gasteiger partial charge >= 0.3 is 12.0 Å². The van der Waals surface area contributed by atoms with Gasteiger partial charge in [0.25, 0.3) is 5.79 Å². The Kier molecular flexibility index (Phi) is 4.18. The van der Waals surface area contributed by atoms with Crippen LogP contribution in [0, 0.1) is 24.7 Å². The highest BCUT2D eigenvalue weighted by Gasteiger charge is 2.57. The average Bonchev–Trinajstić information content (AvgIpc) is 3.13. The van der Waals surface area contributed by atoms with Crippen LogP contribution in [0.5, 0.6) is 11.5 Å². The Labute approximate surface area is 162 Å². The van der Waals surface area contributed by atoms with Crippen LogP contribution in [0.1, 0.15) is 35.7 Å². The van der Waals surface area contributed by atoms with Crippen molar-refractivity contribution in [3.05, 3.63) is 22.2 Å². The first kappa shape index (κ1) is 18.2. The molecule has 2 bridgehead atoms. The fourth-order valence-corrected chi connectivity index (χ4v) is 5.34. The van der Waals surface area contributed by atoms with Crippen LogP contribution in [-0.4, -0.2) is 47.9 Å². The van der Waals surface area contributed by atoms with Gasteiger partial charge in [-0.05, 0) is 37.7 Å². The molecule has 146 valence electrons. The Morgan fingerprint density at radius 1 is 1.26 bits per heavy atom. The Morgan fingerprint density at radius 3 is 2.41 bits per heavy atom. The summed E-state index contributed by atoms with van der Waals surface area (Å²) in [6.45, 7) is 4.92. The highest BCUT2D eigenvalue weighted by Crippen LogP contribution is 2.55. The van der Waals surface area contributed by atoms with Gasteiger partial charge in [-0.2, -0.15) is 0 Å². The monoisotopic (exact) mass is 394 g/mol. The van der Waals surface area contributed by atoms with E-state index in [0.717, 1.165) is 12.8 Å². The van der Waals surface area contributed by atoms with Crippen molar-refractivity contribution in [2.45, 2.75) is 32.5 Å². The molecule has 2 amide bonds. The standard InChI is InChI=1S/C19H23ClN2O5/c1-9-12(17(23)24)6-13(20)16-15(9)26-19(2,27-16)14-10-4-5-11(14)8-22(7-10)18(25)21-3/h6,10-11,14H,4-5,7-8H2,1-3H3,(H,21,25)(H,23,24). The van der Waals surface area contributed by atoms with E-state index in [-0.39, 0.29) is 34.4 Å². The molecule has 2 N–H and O–H groups in total. The van der Waals surface area contributed by atoms with E-state index in [4.69, 9.17) is 21.1 Å². The first-order valence-corrected chi connectivity index (χ1v) is 9.54. The van der Waals surface area contributed by atoms with E-state index < -0.39 is 11.8 Å². The maximum absolute atomic E-state index is 12.0. The average molecular weight is 395 g/mol. The topological polar surface area (TPSA) is 88.1 Å². The number of hydrogen-bond acceptors (Lipinski definition) is 4. The molecule has 3 aliphatic rings. The van der Waals surface area contributed by atoms with Crippen molar-refractivity contribution < 1.29 is 24.2 Å². The minimum absolute atomic E-state index is 0.0583. The van der Waals surface area contributed by atoms with Crippen molar-refractivity contribution in [1.29, 1.82) is 0 Å². The van der Waals surface area contributed by atoms with E-state index in [1.807, 2.05) is 11.8 Å². The number of nitrogens with one attached hydrogen (secondary N) is 1. The van der Waals surface area contributed by atoms with E-state index >= 15 is 0 Å². The third-order valence-corrected chi connectivity index (χ3v) is 6.50. The number of fused-ring (bicyclic) bond motifs is 3. The largest absolute Gasteiger partial charge is 0.478 e. The smallest absolute Gasteiger partial charge is 0.336 e. The lowest BCUT2D eigenvalue weighted by atomic mass is 9.79. The van der Waals surface area contributed by atoms with Crippen LogP contribution in [0.4, 0.5) is 4.79 Å². The molecular weight excluding hydrogens is 372 g/mol. The molecule has 27 heavy (non-hydrogen) atoms. The third kappa shape index (κ3) is 2.71. The number of ether oxygens (including phenoxy) is 2. The summed E-state index contributed by atoms with van der Waals surface area (Å²) in [5.41, 5.74) is 0.629. The number of rotatable bonds is 2. The molecule has 1 saturated carbocycles. The lowest BCUT2D eigenvalue weighted by Gasteiger charge is -2.43. The number of amides is 2. The van der Waals surface area contributed by atoms with E-state index in [2.05, 4.69) is 5.32 Å². The maximum atomic E-state index is 12.0. The van der Waals surface area contributed by atoms with E-state index in [9.17, 15) is 14.7 Å². The predicted octanol–water partition coefficient (Wildman–Crippen LogP) is 3.13. The maximum Gasteiger partial charge on any atom is 0.336 e. The molecule has 1 saturated heterocycles. The van der Waals surface area contributed by atoms with Crippen molar-refractivity contribution in [2.24, 2.45) is 17.8 Å². The van der Waals surface area contributed by atoms with Gasteiger partial charge in [0.2, 0.25) is 0 Å². The predicted molar refractivity (Wildman–Crippen MR) is 98.5 cm³/mol. The fourth-order valence-electron chi connectivity index (χ4n) is 5.11. The van der Waals surface area contributed by atoms with Crippen molar-refractivity contribution >= 4 is 23.6 Å².